The van der Waals surface area contributed by atoms with Crippen LogP contribution in [0.25, 0.3) is 0 Å². The molecule has 0 heterocycles. The number of carbonyl (C=O) groups excluding carboxylic acids is 1. The predicted molar refractivity (Wildman–Crippen MR) is 78.6 cm³/mol. The second kappa shape index (κ2) is 7.76. The first kappa shape index (κ1) is 17.1. The molecular formula is C16H22FNO3. The quantitative estimate of drug-likeness (QED) is 0.841. The molecule has 116 valence electrons. The van der Waals surface area contributed by atoms with E-state index in [4.69, 9.17) is 5.11 Å². The third-order valence-electron chi connectivity index (χ3n) is 3.28. The van der Waals surface area contributed by atoms with Crippen molar-refractivity contribution in [2.24, 2.45) is 11.8 Å². The number of aliphatic carboxylic acids is 1. The van der Waals surface area contributed by atoms with Crippen LogP contribution in [0.3, 0.4) is 0 Å². The zero-order valence-corrected chi connectivity index (χ0v) is 12.7. The molecule has 0 aliphatic rings. The van der Waals surface area contributed by atoms with Gasteiger partial charge in [-0.3, -0.25) is 9.59 Å². The van der Waals surface area contributed by atoms with Crippen LogP contribution in [0, 0.1) is 17.7 Å². The number of carbonyl (C=O) groups is 2. The average Bonchev–Trinajstić information content (AvgIpc) is 2.42. The van der Waals surface area contributed by atoms with Crippen molar-refractivity contribution in [3.05, 3.63) is 35.6 Å². The fraction of sp³-hybridized carbons (Fsp3) is 0.500. The molecule has 1 aromatic rings. The largest absolute Gasteiger partial charge is 0.481 e. The molecule has 0 fully saturated rings. The van der Waals surface area contributed by atoms with Crippen LogP contribution in [0.1, 0.15) is 37.6 Å². The maximum atomic E-state index is 13.7. The molecule has 0 aromatic heterocycles. The summed E-state index contributed by atoms with van der Waals surface area (Å²) in [6, 6.07) is 5.77. The lowest BCUT2D eigenvalue weighted by Gasteiger charge is -2.25. The molecule has 1 N–H and O–H groups in total. The molecule has 21 heavy (non-hydrogen) atoms. The Morgan fingerprint density at radius 2 is 1.86 bits per heavy atom. The Labute approximate surface area is 124 Å². The van der Waals surface area contributed by atoms with Crippen molar-refractivity contribution in [1.82, 2.24) is 4.90 Å². The van der Waals surface area contributed by atoms with Gasteiger partial charge in [-0.05, 0) is 24.5 Å². The van der Waals surface area contributed by atoms with E-state index in [9.17, 15) is 14.0 Å². The molecule has 1 amide bonds. The fourth-order valence-corrected chi connectivity index (χ4v) is 1.90. The van der Waals surface area contributed by atoms with Gasteiger partial charge in [0.2, 0.25) is 0 Å². The summed E-state index contributed by atoms with van der Waals surface area (Å²) in [6.07, 6.45) is 0.743. The van der Waals surface area contributed by atoms with Gasteiger partial charge in [-0.1, -0.05) is 32.9 Å². The number of hydrogen-bond acceptors (Lipinski definition) is 2. The fourth-order valence-electron chi connectivity index (χ4n) is 1.90. The molecule has 5 heteroatoms. The standard InChI is InChI=1S/C16H22FNO3/c1-11(2)8-9-18(10-12(3)16(20)21)15(19)13-6-4-5-7-14(13)17/h4-7,11-12H,8-10H2,1-3H3,(H,20,21). The number of nitrogens with zero attached hydrogens (tertiary/aromatic N) is 1. The molecule has 0 saturated heterocycles. The zero-order valence-electron chi connectivity index (χ0n) is 12.7. The van der Waals surface area contributed by atoms with Gasteiger partial charge in [0.1, 0.15) is 5.82 Å². The van der Waals surface area contributed by atoms with Crippen molar-refractivity contribution in [3.8, 4) is 0 Å². The highest BCUT2D eigenvalue weighted by Gasteiger charge is 2.23. The molecular weight excluding hydrogens is 273 g/mol. The van der Waals surface area contributed by atoms with Gasteiger partial charge in [-0.2, -0.15) is 0 Å². The zero-order chi connectivity index (χ0) is 16.0. The second-order valence-electron chi connectivity index (χ2n) is 5.65. The van der Waals surface area contributed by atoms with E-state index < -0.39 is 23.6 Å². The predicted octanol–water partition coefficient (Wildman–Crippen LogP) is 3.03. The summed E-state index contributed by atoms with van der Waals surface area (Å²) in [5.74, 6) is -2.32. The lowest BCUT2D eigenvalue weighted by Crippen LogP contribution is -2.38. The highest BCUT2D eigenvalue weighted by Crippen LogP contribution is 2.14. The maximum Gasteiger partial charge on any atom is 0.308 e. The molecule has 1 unspecified atom stereocenters. The van der Waals surface area contributed by atoms with Crippen LogP contribution in [0.15, 0.2) is 24.3 Å². The van der Waals surface area contributed by atoms with Gasteiger partial charge >= 0.3 is 5.97 Å². The summed E-state index contributed by atoms with van der Waals surface area (Å²) in [5.41, 5.74) is -0.0150. The molecule has 1 rings (SSSR count). The topological polar surface area (TPSA) is 57.6 Å². The van der Waals surface area contributed by atoms with Crippen molar-refractivity contribution in [2.45, 2.75) is 27.2 Å². The Balaban J connectivity index is 2.91. The minimum atomic E-state index is -0.967. The Morgan fingerprint density at radius 3 is 2.38 bits per heavy atom. The van der Waals surface area contributed by atoms with Crippen LogP contribution >= 0.6 is 0 Å². The van der Waals surface area contributed by atoms with Crippen LogP contribution in [0.2, 0.25) is 0 Å². The average molecular weight is 295 g/mol. The summed E-state index contributed by atoms with van der Waals surface area (Å²) in [7, 11) is 0. The van der Waals surface area contributed by atoms with E-state index in [1.54, 1.807) is 13.0 Å². The van der Waals surface area contributed by atoms with E-state index in [0.717, 1.165) is 6.42 Å². The first-order valence-electron chi connectivity index (χ1n) is 7.09. The normalized spacial score (nSPS) is 12.2. The Bertz CT molecular complexity index is 502. The van der Waals surface area contributed by atoms with Crippen LogP contribution in [-0.4, -0.2) is 35.0 Å². The molecule has 0 bridgehead atoms. The maximum absolute atomic E-state index is 13.7. The van der Waals surface area contributed by atoms with Crippen molar-refractivity contribution in [1.29, 1.82) is 0 Å². The summed E-state index contributed by atoms with van der Waals surface area (Å²) in [4.78, 5) is 24.8. The number of amides is 1. The summed E-state index contributed by atoms with van der Waals surface area (Å²) in [6.45, 7) is 6.08. The molecule has 0 aliphatic carbocycles. The first-order valence-corrected chi connectivity index (χ1v) is 7.09. The molecule has 1 atom stereocenters. The van der Waals surface area contributed by atoms with Crippen LogP contribution < -0.4 is 0 Å². The number of rotatable bonds is 7. The Kier molecular flexibility index (Phi) is 6.34. The monoisotopic (exact) mass is 295 g/mol. The summed E-state index contributed by atoms with van der Waals surface area (Å²) < 4.78 is 13.7. The van der Waals surface area contributed by atoms with E-state index in [0.29, 0.717) is 12.5 Å². The van der Waals surface area contributed by atoms with E-state index in [-0.39, 0.29) is 12.1 Å². The highest BCUT2D eigenvalue weighted by molar-refractivity contribution is 5.94. The summed E-state index contributed by atoms with van der Waals surface area (Å²) in [5, 5.41) is 9.00. The number of benzene rings is 1. The van der Waals surface area contributed by atoms with Crippen LogP contribution in [0.4, 0.5) is 4.39 Å². The van der Waals surface area contributed by atoms with Gasteiger partial charge in [-0.15, -0.1) is 0 Å². The lowest BCUT2D eigenvalue weighted by atomic mass is 10.1. The number of hydrogen-bond donors (Lipinski definition) is 1. The first-order chi connectivity index (χ1) is 9.82. The molecule has 1 aromatic carbocycles. The van der Waals surface area contributed by atoms with E-state index in [2.05, 4.69) is 0 Å². The van der Waals surface area contributed by atoms with Gasteiger partial charge in [0.25, 0.3) is 5.91 Å². The molecule has 0 spiro atoms. The van der Waals surface area contributed by atoms with Gasteiger partial charge in [-0.25, -0.2) is 4.39 Å². The van der Waals surface area contributed by atoms with Gasteiger partial charge in [0, 0.05) is 13.1 Å². The van der Waals surface area contributed by atoms with Gasteiger partial charge in [0.15, 0.2) is 0 Å². The third-order valence-corrected chi connectivity index (χ3v) is 3.28. The van der Waals surface area contributed by atoms with Crippen LogP contribution in [-0.2, 0) is 4.79 Å². The van der Waals surface area contributed by atoms with Gasteiger partial charge in [0.05, 0.1) is 11.5 Å². The Hall–Kier alpha value is -1.91. The number of carboxylic acids is 1. The smallest absolute Gasteiger partial charge is 0.308 e. The van der Waals surface area contributed by atoms with Crippen molar-refractivity contribution < 1.29 is 19.1 Å². The Morgan fingerprint density at radius 1 is 1.24 bits per heavy atom. The van der Waals surface area contributed by atoms with Crippen molar-refractivity contribution in [3.63, 3.8) is 0 Å². The molecule has 0 saturated carbocycles. The van der Waals surface area contributed by atoms with E-state index in [1.165, 1.54) is 23.1 Å². The third kappa shape index (κ3) is 5.17. The van der Waals surface area contributed by atoms with Crippen molar-refractivity contribution in [2.75, 3.05) is 13.1 Å². The molecule has 0 radical (unpaired) electrons. The van der Waals surface area contributed by atoms with Crippen molar-refractivity contribution >= 4 is 11.9 Å². The minimum Gasteiger partial charge on any atom is -0.481 e. The summed E-state index contributed by atoms with van der Waals surface area (Å²) >= 11 is 0. The van der Waals surface area contributed by atoms with Crippen LogP contribution in [0.5, 0.6) is 0 Å². The lowest BCUT2D eigenvalue weighted by molar-refractivity contribution is -0.141. The van der Waals surface area contributed by atoms with Gasteiger partial charge < -0.3 is 10.0 Å². The molecule has 0 aliphatic heterocycles. The minimum absolute atomic E-state index is 0.0150. The number of halogens is 1. The SMILES string of the molecule is CC(C)CCN(CC(C)C(=O)O)C(=O)c1ccccc1F. The number of carboxylic acid groups (broad SMARTS) is 1. The second-order valence-corrected chi connectivity index (χ2v) is 5.65. The molecule has 4 nitrogen and oxygen atoms in total. The van der Waals surface area contributed by atoms with E-state index in [1.807, 2.05) is 13.8 Å². The van der Waals surface area contributed by atoms with E-state index >= 15 is 0 Å². The highest BCUT2D eigenvalue weighted by atomic mass is 19.1.